The van der Waals surface area contributed by atoms with E-state index in [1.165, 1.54) is 12.1 Å². The molecule has 0 aliphatic carbocycles. The van der Waals surface area contributed by atoms with E-state index >= 15 is 0 Å². The molecule has 104 valence electrons. The van der Waals surface area contributed by atoms with E-state index in [1.54, 1.807) is 24.8 Å². The number of benzene rings is 1. The van der Waals surface area contributed by atoms with Crippen molar-refractivity contribution in [1.82, 2.24) is 0 Å². The third-order valence-electron chi connectivity index (χ3n) is 2.95. The zero-order valence-electron chi connectivity index (χ0n) is 10.9. The van der Waals surface area contributed by atoms with Crippen LogP contribution in [-0.2, 0) is 4.79 Å². The summed E-state index contributed by atoms with van der Waals surface area (Å²) in [6, 6.07) is 4.42. The van der Waals surface area contributed by atoms with E-state index in [2.05, 4.69) is 0 Å². The summed E-state index contributed by atoms with van der Waals surface area (Å²) in [5.74, 6) is -0.941. The number of hydrogen-bond donors (Lipinski definition) is 1. The van der Waals surface area contributed by atoms with Crippen molar-refractivity contribution in [2.24, 2.45) is 0 Å². The van der Waals surface area contributed by atoms with Gasteiger partial charge in [-0.15, -0.1) is 0 Å². The zero-order chi connectivity index (χ0) is 14.8. The van der Waals surface area contributed by atoms with Crippen LogP contribution < -0.4 is 4.90 Å². The van der Waals surface area contributed by atoms with E-state index in [9.17, 15) is 20.0 Å². The molecule has 0 unspecified atom stereocenters. The highest BCUT2D eigenvalue weighted by Crippen LogP contribution is 2.31. The Morgan fingerprint density at radius 3 is 2.47 bits per heavy atom. The molecular formula is C12H15IN2O4. The van der Waals surface area contributed by atoms with E-state index in [0.29, 0.717) is 15.8 Å². The Balaban J connectivity index is 3.27. The van der Waals surface area contributed by atoms with Crippen LogP contribution in [-0.4, -0.2) is 28.1 Å². The highest BCUT2D eigenvalue weighted by atomic mass is 127. The van der Waals surface area contributed by atoms with E-state index in [4.69, 9.17) is 0 Å². The van der Waals surface area contributed by atoms with Gasteiger partial charge < -0.3 is 10.0 Å². The molecule has 0 heterocycles. The third kappa shape index (κ3) is 3.14. The lowest BCUT2D eigenvalue weighted by Gasteiger charge is -2.36. The van der Waals surface area contributed by atoms with Gasteiger partial charge in [-0.05, 0) is 49.4 Å². The molecular weight excluding hydrogens is 363 g/mol. The van der Waals surface area contributed by atoms with Gasteiger partial charge in [0.05, 0.1) is 10.6 Å². The van der Waals surface area contributed by atoms with Gasteiger partial charge in [0.2, 0.25) is 0 Å². The van der Waals surface area contributed by atoms with Crippen LogP contribution in [0, 0.1) is 13.7 Å². The second-order valence-electron chi connectivity index (χ2n) is 4.50. The Labute approximate surface area is 124 Å². The van der Waals surface area contributed by atoms with Crippen LogP contribution in [0.3, 0.4) is 0 Å². The number of anilines is 1. The quantitative estimate of drug-likeness (QED) is 0.484. The predicted octanol–water partition coefficient (Wildman–Crippen LogP) is 2.89. The lowest BCUT2D eigenvalue weighted by Crippen LogP contribution is -2.50. The number of nitro groups is 1. The molecule has 0 aliphatic rings. The largest absolute Gasteiger partial charge is 0.480 e. The predicted molar refractivity (Wildman–Crippen MR) is 80.5 cm³/mol. The van der Waals surface area contributed by atoms with Crippen molar-refractivity contribution in [3.05, 3.63) is 31.9 Å². The van der Waals surface area contributed by atoms with Crippen LogP contribution >= 0.6 is 22.6 Å². The minimum absolute atomic E-state index is 0.00247. The first-order valence-electron chi connectivity index (χ1n) is 5.66. The van der Waals surface area contributed by atoms with Crippen LogP contribution in [0.15, 0.2) is 18.2 Å². The maximum atomic E-state index is 11.3. The molecule has 0 saturated heterocycles. The Bertz CT molecular complexity index is 516. The number of nitro benzene ring substituents is 1. The topological polar surface area (TPSA) is 83.7 Å². The molecule has 1 aromatic carbocycles. The van der Waals surface area contributed by atoms with Crippen molar-refractivity contribution in [1.29, 1.82) is 0 Å². The maximum absolute atomic E-state index is 11.3. The highest BCUT2D eigenvalue weighted by molar-refractivity contribution is 14.1. The number of non-ortho nitro benzene ring substituents is 1. The number of hydrogen-bond acceptors (Lipinski definition) is 4. The lowest BCUT2D eigenvalue weighted by atomic mass is 10.0. The summed E-state index contributed by atoms with van der Waals surface area (Å²) in [6.45, 7) is 5.56. The molecule has 1 N–H and O–H groups in total. The molecule has 0 radical (unpaired) electrons. The number of nitrogens with zero attached hydrogens (tertiary/aromatic N) is 2. The van der Waals surface area contributed by atoms with Crippen molar-refractivity contribution in [3.63, 3.8) is 0 Å². The van der Waals surface area contributed by atoms with Gasteiger partial charge in [0.15, 0.2) is 0 Å². The number of likely N-dealkylation sites (N-methyl/N-ethyl adjacent to an activating group) is 1. The summed E-state index contributed by atoms with van der Waals surface area (Å²) in [6.07, 6.45) is 0. The number of carboxylic acids is 1. The number of carboxylic acid groups (broad SMARTS) is 1. The minimum atomic E-state index is -1.08. The van der Waals surface area contributed by atoms with Crippen LogP contribution in [0.1, 0.15) is 20.8 Å². The first kappa shape index (κ1) is 15.7. The fourth-order valence-corrected chi connectivity index (χ4v) is 2.60. The molecule has 1 aromatic rings. The minimum Gasteiger partial charge on any atom is -0.480 e. The van der Waals surface area contributed by atoms with E-state index in [-0.39, 0.29) is 5.69 Å². The monoisotopic (exact) mass is 378 g/mol. The Morgan fingerprint density at radius 2 is 2.11 bits per heavy atom. The molecule has 0 amide bonds. The van der Waals surface area contributed by atoms with Crippen LogP contribution in [0.25, 0.3) is 0 Å². The summed E-state index contributed by atoms with van der Waals surface area (Å²) in [5.41, 5.74) is -0.399. The van der Waals surface area contributed by atoms with Crippen LogP contribution in [0.5, 0.6) is 0 Å². The third-order valence-corrected chi connectivity index (χ3v) is 3.81. The molecule has 0 atom stereocenters. The lowest BCUT2D eigenvalue weighted by molar-refractivity contribution is -0.384. The number of rotatable bonds is 5. The molecule has 0 aromatic heterocycles. The summed E-state index contributed by atoms with van der Waals surface area (Å²) < 4.78 is 0.656. The van der Waals surface area contributed by atoms with E-state index in [1.807, 2.05) is 29.5 Å². The standard InChI is InChI=1S/C12H15IN2O4/c1-4-14(12(2,3)11(16)17)10-6-5-8(15(18)19)7-9(10)13/h5-7H,4H2,1-3H3,(H,16,17). The molecule has 0 fully saturated rings. The van der Waals surface area contributed by atoms with E-state index < -0.39 is 16.4 Å². The smallest absolute Gasteiger partial charge is 0.328 e. The number of halogens is 1. The van der Waals surface area contributed by atoms with Crippen molar-refractivity contribution in [3.8, 4) is 0 Å². The molecule has 1 rings (SSSR count). The molecule has 0 aliphatic heterocycles. The van der Waals surface area contributed by atoms with Crippen molar-refractivity contribution >= 4 is 39.9 Å². The molecule has 6 nitrogen and oxygen atoms in total. The first-order chi connectivity index (χ1) is 8.71. The molecule has 0 spiro atoms. The van der Waals surface area contributed by atoms with Crippen LogP contribution in [0.4, 0.5) is 11.4 Å². The van der Waals surface area contributed by atoms with Gasteiger partial charge in [0, 0.05) is 22.2 Å². The first-order valence-corrected chi connectivity index (χ1v) is 6.74. The summed E-state index contributed by atoms with van der Waals surface area (Å²) >= 11 is 1.98. The average molecular weight is 378 g/mol. The Kier molecular flexibility index (Phi) is 4.72. The van der Waals surface area contributed by atoms with Gasteiger partial charge in [-0.3, -0.25) is 10.1 Å². The fraction of sp³-hybridized carbons (Fsp3) is 0.417. The van der Waals surface area contributed by atoms with Crippen molar-refractivity contribution in [2.45, 2.75) is 26.3 Å². The Morgan fingerprint density at radius 1 is 1.53 bits per heavy atom. The molecule has 19 heavy (non-hydrogen) atoms. The van der Waals surface area contributed by atoms with Gasteiger partial charge in [-0.25, -0.2) is 4.79 Å². The highest BCUT2D eigenvalue weighted by Gasteiger charge is 2.34. The SMILES string of the molecule is CCN(c1ccc([N+](=O)[O-])cc1I)C(C)(C)C(=O)O. The second kappa shape index (κ2) is 5.72. The summed E-state index contributed by atoms with van der Waals surface area (Å²) in [4.78, 5) is 23.3. The molecule has 0 saturated carbocycles. The van der Waals surface area contributed by atoms with E-state index in [0.717, 1.165) is 0 Å². The van der Waals surface area contributed by atoms with Crippen molar-refractivity contribution in [2.75, 3.05) is 11.4 Å². The van der Waals surface area contributed by atoms with Gasteiger partial charge >= 0.3 is 5.97 Å². The van der Waals surface area contributed by atoms with Gasteiger partial charge in [-0.2, -0.15) is 0 Å². The van der Waals surface area contributed by atoms with Crippen molar-refractivity contribution < 1.29 is 14.8 Å². The molecule has 7 heteroatoms. The maximum Gasteiger partial charge on any atom is 0.328 e. The van der Waals surface area contributed by atoms with Gasteiger partial charge in [0.25, 0.3) is 5.69 Å². The van der Waals surface area contributed by atoms with Gasteiger partial charge in [-0.1, -0.05) is 0 Å². The number of aliphatic carboxylic acids is 1. The number of carbonyl (C=O) groups is 1. The second-order valence-corrected chi connectivity index (χ2v) is 5.66. The summed E-state index contributed by atoms with van der Waals surface area (Å²) in [7, 11) is 0. The van der Waals surface area contributed by atoms with Gasteiger partial charge in [0.1, 0.15) is 5.54 Å². The fourth-order valence-electron chi connectivity index (χ4n) is 1.81. The Hall–Kier alpha value is -1.38. The van der Waals surface area contributed by atoms with Crippen LogP contribution in [0.2, 0.25) is 0 Å². The average Bonchev–Trinajstić information content (AvgIpc) is 2.31. The normalized spacial score (nSPS) is 11.2. The zero-order valence-corrected chi connectivity index (χ0v) is 13.0. The summed E-state index contributed by atoms with van der Waals surface area (Å²) in [5, 5.41) is 20.0. The molecule has 0 bridgehead atoms.